The van der Waals surface area contributed by atoms with Crippen LogP contribution in [0, 0.1) is 6.92 Å². The second-order valence-corrected chi connectivity index (χ2v) is 5.59. The SMILES string of the molecule is Cc1cnc([C@@H]2CCCN2Cc2cccc(C(=O)O)c2)[nH]1. The van der Waals surface area contributed by atoms with E-state index in [9.17, 15) is 4.79 Å². The van der Waals surface area contributed by atoms with Gasteiger partial charge in [0.05, 0.1) is 11.6 Å². The molecule has 3 rings (SSSR count). The molecular weight excluding hydrogens is 266 g/mol. The summed E-state index contributed by atoms with van der Waals surface area (Å²) in [5.41, 5.74) is 2.45. The molecule has 110 valence electrons. The van der Waals surface area contributed by atoms with E-state index in [1.54, 1.807) is 18.2 Å². The Balaban J connectivity index is 1.77. The number of likely N-dealkylation sites (tertiary alicyclic amines) is 1. The summed E-state index contributed by atoms with van der Waals surface area (Å²) in [4.78, 5) is 21.2. The van der Waals surface area contributed by atoms with Crippen molar-refractivity contribution in [3.63, 3.8) is 0 Å². The molecule has 1 fully saturated rings. The van der Waals surface area contributed by atoms with Crippen LogP contribution in [0.1, 0.15) is 46.3 Å². The number of aromatic amines is 1. The van der Waals surface area contributed by atoms with Gasteiger partial charge in [-0.05, 0) is 44.0 Å². The summed E-state index contributed by atoms with van der Waals surface area (Å²) in [6.45, 7) is 3.78. The molecule has 2 N–H and O–H groups in total. The molecule has 5 heteroatoms. The van der Waals surface area contributed by atoms with Crippen LogP contribution in [0.2, 0.25) is 0 Å². The highest BCUT2D eigenvalue weighted by Gasteiger charge is 2.28. The highest BCUT2D eigenvalue weighted by atomic mass is 16.4. The van der Waals surface area contributed by atoms with Crippen molar-refractivity contribution in [3.8, 4) is 0 Å². The number of hydrogen-bond donors (Lipinski definition) is 2. The lowest BCUT2D eigenvalue weighted by Crippen LogP contribution is -2.23. The first kappa shape index (κ1) is 13.8. The van der Waals surface area contributed by atoms with E-state index in [2.05, 4.69) is 14.9 Å². The minimum atomic E-state index is -0.878. The van der Waals surface area contributed by atoms with Crippen LogP contribution in [-0.2, 0) is 6.54 Å². The van der Waals surface area contributed by atoms with Gasteiger partial charge in [0.25, 0.3) is 0 Å². The van der Waals surface area contributed by atoms with Gasteiger partial charge in [0.1, 0.15) is 5.82 Å². The Morgan fingerprint density at radius 3 is 3.10 bits per heavy atom. The van der Waals surface area contributed by atoms with Crippen LogP contribution in [0.25, 0.3) is 0 Å². The number of hydrogen-bond acceptors (Lipinski definition) is 3. The van der Waals surface area contributed by atoms with Crippen molar-refractivity contribution in [1.29, 1.82) is 0 Å². The lowest BCUT2D eigenvalue weighted by Gasteiger charge is -2.23. The van der Waals surface area contributed by atoms with Crippen molar-refractivity contribution in [2.24, 2.45) is 0 Å². The number of aromatic nitrogens is 2. The molecule has 1 aliphatic rings. The number of imidazole rings is 1. The summed E-state index contributed by atoms with van der Waals surface area (Å²) in [6, 6.07) is 7.47. The standard InChI is InChI=1S/C16H19N3O2/c1-11-9-17-15(18-11)14-6-3-7-19(14)10-12-4-2-5-13(8-12)16(20)21/h2,4-5,8-9,14H,3,6-7,10H2,1H3,(H,17,18)(H,20,21)/t14-/m0/s1. The Morgan fingerprint density at radius 2 is 2.38 bits per heavy atom. The average molecular weight is 285 g/mol. The number of aryl methyl sites for hydroxylation is 1. The first-order valence-corrected chi connectivity index (χ1v) is 7.21. The Morgan fingerprint density at radius 1 is 1.52 bits per heavy atom. The van der Waals surface area contributed by atoms with Crippen LogP contribution in [0.15, 0.2) is 30.5 Å². The van der Waals surface area contributed by atoms with Crippen molar-refractivity contribution in [2.45, 2.75) is 32.4 Å². The number of nitrogens with zero attached hydrogens (tertiary/aromatic N) is 2. The molecule has 1 aromatic carbocycles. The maximum absolute atomic E-state index is 11.1. The first-order chi connectivity index (χ1) is 10.1. The zero-order valence-electron chi connectivity index (χ0n) is 12.0. The quantitative estimate of drug-likeness (QED) is 0.906. The van der Waals surface area contributed by atoms with Gasteiger partial charge in [-0.25, -0.2) is 9.78 Å². The second-order valence-electron chi connectivity index (χ2n) is 5.59. The van der Waals surface area contributed by atoms with E-state index in [1.165, 1.54) is 0 Å². The Labute approximate surface area is 123 Å². The Hall–Kier alpha value is -2.14. The van der Waals surface area contributed by atoms with Gasteiger partial charge in [-0.1, -0.05) is 12.1 Å². The number of nitrogens with one attached hydrogen (secondary N) is 1. The van der Waals surface area contributed by atoms with Crippen LogP contribution < -0.4 is 0 Å². The third-order valence-electron chi connectivity index (χ3n) is 3.96. The van der Waals surface area contributed by atoms with Crippen LogP contribution in [0.5, 0.6) is 0 Å². The fourth-order valence-electron chi connectivity index (χ4n) is 2.96. The third kappa shape index (κ3) is 2.97. The van der Waals surface area contributed by atoms with Gasteiger partial charge in [-0.2, -0.15) is 0 Å². The van der Waals surface area contributed by atoms with Crippen LogP contribution >= 0.6 is 0 Å². The maximum Gasteiger partial charge on any atom is 0.335 e. The number of carbonyl (C=O) groups is 1. The Bertz CT molecular complexity index is 650. The maximum atomic E-state index is 11.1. The molecule has 1 saturated heterocycles. The molecule has 0 amide bonds. The van der Waals surface area contributed by atoms with Gasteiger partial charge >= 0.3 is 5.97 Å². The van der Waals surface area contributed by atoms with E-state index in [4.69, 9.17) is 5.11 Å². The van der Waals surface area contributed by atoms with Crippen LogP contribution in [0.3, 0.4) is 0 Å². The number of H-pyrrole nitrogens is 1. The van der Waals surface area contributed by atoms with Crippen molar-refractivity contribution in [3.05, 3.63) is 53.1 Å². The van der Waals surface area contributed by atoms with Crippen LogP contribution in [0.4, 0.5) is 0 Å². The van der Waals surface area contributed by atoms with Gasteiger partial charge in [0, 0.05) is 18.4 Å². The highest BCUT2D eigenvalue weighted by molar-refractivity contribution is 5.87. The minimum Gasteiger partial charge on any atom is -0.478 e. The largest absolute Gasteiger partial charge is 0.478 e. The molecule has 1 aliphatic heterocycles. The van der Waals surface area contributed by atoms with Gasteiger partial charge in [-0.15, -0.1) is 0 Å². The Kier molecular flexibility index (Phi) is 3.75. The molecule has 0 aliphatic carbocycles. The molecule has 5 nitrogen and oxygen atoms in total. The number of benzene rings is 1. The second kappa shape index (κ2) is 5.69. The number of rotatable bonds is 4. The number of carboxylic acid groups (broad SMARTS) is 1. The van der Waals surface area contributed by atoms with Gasteiger partial charge in [0.15, 0.2) is 0 Å². The van der Waals surface area contributed by atoms with Gasteiger partial charge in [-0.3, -0.25) is 4.90 Å². The molecule has 1 atom stereocenters. The van der Waals surface area contributed by atoms with E-state index in [0.717, 1.165) is 43.0 Å². The van der Waals surface area contributed by atoms with E-state index in [1.807, 2.05) is 19.2 Å². The average Bonchev–Trinajstić information content (AvgIpc) is 3.08. The molecule has 2 heterocycles. The normalized spacial score (nSPS) is 19.0. The van der Waals surface area contributed by atoms with E-state index in [-0.39, 0.29) is 0 Å². The van der Waals surface area contributed by atoms with Crippen molar-refractivity contribution in [2.75, 3.05) is 6.54 Å². The molecule has 21 heavy (non-hydrogen) atoms. The highest BCUT2D eigenvalue weighted by Crippen LogP contribution is 2.31. The summed E-state index contributed by atoms with van der Waals surface area (Å²) in [5.74, 6) is 0.135. The fourth-order valence-corrected chi connectivity index (χ4v) is 2.96. The molecule has 0 unspecified atom stereocenters. The van der Waals surface area contributed by atoms with Crippen molar-refractivity contribution < 1.29 is 9.90 Å². The predicted octanol–water partition coefficient (Wildman–Crippen LogP) is 2.75. The van der Waals surface area contributed by atoms with Crippen molar-refractivity contribution >= 4 is 5.97 Å². The molecule has 1 aromatic heterocycles. The summed E-state index contributed by atoms with van der Waals surface area (Å²) in [7, 11) is 0. The lowest BCUT2D eigenvalue weighted by atomic mass is 10.1. The summed E-state index contributed by atoms with van der Waals surface area (Å²) < 4.78 is 0. The molecule has 0 spiro atoms. The van der Waals surface area contributed by atoms with Gasteiger partial charge in [0.2, 0.25) is 0 Å². The number of aromatic carboxylic acids is 1. The van der Waals surface area contributed by atoms with E-state index < -0.39 is 5.97 Å². The summed E-state index contributed by atoms with van der Waals surface area (Å²) in [6.07, 6.45) is 4.09. The summed E-state index contributed by atoms with van der Waals surface area (Å²) >= 11 is 0. The fraction of sp³-hybridized carbons (Fsp3) is 0.375. The zero-order valence-corrected chi connectivity index (χ0v) is 12.0. The van der Waals surface area contributed by atoms with E-state index >= 15 is 0 Å². The molecule has 0 radical (unpaired) electrons. The van der Waals surface area contributed by atoms with E-state index in [0.29, 0.717) is 11.6 Å². The topological polar surface area (TPSA) is 69.2 Å². The van der Waals surface area contributed by atoms with Crippen molar-refractivity contribution in [1.82, 2.24) is 14.9 Å². The zero-order chi connectivity index (χ0) is 14.8. The molecule has 0 bridgehead atoms. The van der Waals surface area contributed by atoms with Gasteiger partial charge < -0.3 is 10.1 Å². The molecular formula is C16H19N3O2. The minimum absolute atomic E-state index is 0.298. The smallest absolute Gasteiger partial charge is 0.335 e. The van der Waals surface area contributed by atoms with Crippen LogP contribution in [-0.4, -0.2) is 32.5 Å². The predicted molar refractivity (Wildman–Crippen MR) is 79.1 cm³/mol. The summed E-state index contributed by atoms with van der Waals surface area (Å²) in [5, 5.41) is 9.07. The number of carboxylic acids is 1. The molecule has 0 saturated carbocycles. The third-order valence-corrected chi connectivity index (χ3v) is 3.96. The molecule has 2 aromatic rings. The monoisotopic (exact) mass is 285 g/mol. The first-order valence-electron chi connectivity index (χ1n) is 7.21. The lowest BCUT2D eigenvalue weighted by molar-refractivity contribution is 0.0696.